The fraction of sp³-hybridized carbons (Fsp3) is 0.143. The maximum absolute atomic E-state index is 12.3. The summed E-state index contributed by atoms with van der Waals surface area (Å²) in [4.78, 5) is 32.5. The van der Waals surface area contributed by atoms with Crippen LogP contribution in [0.25, 0.3) is 0 Å². The van der Waals surface area contributed by atoms with Crippen LogP contribution in [0, 0.1) is 0 Å². The minimum absolute atomic E-state index is 0.206. The zero-order chi connectivity index (χ0) is 21.3. The van der Waals surface area contributed by atoms with E-state index in [2.05, 4.69) is 20.6 Å². The Hall–Kier alpha value is -4.14. The minimum Gasteiger partial charge on any atom is -0.493 e. The topological polar surface area (TPSA) is 112 Å². The highest BCUT2D eigenvalue weighted by atomic mass is 16.5. The predicted molar refractivity (Wildman–Crippen MR) is 109 cm³/mol. The number of hydrogen-bond acceptors (Lipinski definition) is 7. The number of rotatable bonds is 8. The summed E-state index contributed by atoms with van der Waals surface area (Å²) < 4.78 is 15.9. The van der Waals surface area contributed by atoms with Gasteiger partial charge in [-0.25, -0.2) is 4.98 Å². The van der Waals surface area contributed by atoms with Gasteiger partial charge in [-0.05, 0) is 30.3 Å². The zero-order valence-corrected chi connectivity index (χ0v) is 16.4. The third-order valence-electron chi connectivity index (χ3n) is 3.93. The van der Waals surface area contributed by atoms with Crippen LogP contribution >= 0.6 is 0 Å². The predicted octanol–water partition coefficient (Wildman–Crippen LogP) is 2.65. The van der Waals surface area contributed by atoms with Crippen molar-refractivity contribution in [3.05, 3.63) is 66.6 Å². The number of hydrogen-bond donors (Lipinski definition) is 2. The van der Waals surface area contributed by atoms with Crippen LogP contribution < -0.4 is 24.8 Å². The van der Waals surface area contributed by atoms with Gasteiger partial charge in [0.1, 0.15) is 5.75 Å². The highest BCUT2D eigenvalue weighted by Gasteiger charge is 2.12. The van der Waals surface area contributed by atoms with Gasteiger partial charge in [0.2, 0.25) is 11.8 Å². The molecule has 0 aliphatic heterocycles. The second kappa shape index (κ2) is 9.87. The Labute approximate surface area is 173 Å². The third-order valence-corrected chi connectivity index (χ3v) is 3.93. The Balaban J connectivity index is 1.56. The Morgan fingerprint density at radius 2 is 1.83 bits per heavy atom. The first-order chi connectivity index (χ1) is 14.6. The van der Waals surface area contributed by atoms with E-state index < -0.39 is 5.91 Å². The summed E-state index contributed by atoms with van der Waals surface area (Å²) in [6.07, 6.45) is 4.54. The molecule has 3 aromatic rings. The van der Waals surface area contributed by atoms with Gasteiger partial charge in [0.25, 0.3) is 5.91 Å². The lowest BCUT2D eigenvalue weighted by Crippen LogP contribution is -2.32. The van der Waals surface area contributed by atoms with Gasteiger partial charge in [0.15, 0.2) is 11.5 Å². The maximum Gasteiger partial charge on any atom is 0.251 e. The molecule has 2 aromatic carbocycles. The molecule has 9 nitrogen and oxygen atoms in total. The molecule has 2 N–H and O–H groups in total. The van der Waals surface area contributed by atoms with E-state index in [0.717, 1.165) is 0 Å². The van der Waals surface area contributed by atoms with E-state index in [9.17, 15) is 9.59 Å². The van der Waals surface area contributed by atoms with Crippen molar-refractivity contribution in [3.63, 3.8) is 0 Å². The van der Waals surface area contributed by atoms with Crippen molar-refractivity contribution in [2.45, 2.75) is 0 Å². The second-order valence-corrected chi connectivity index (χ2v) is 5.97. The van der Waals surface area contributed by atoms with E-state index in [4.69, 9.17) is 14.2 Å². The minimum atomic E-state index is -0.411. The summed E-state index contributed by atoms with van der Waals surface area (Å²) in [5, 5.41) is 5.27. The van der Waals surface area contributed by atoms with Crippen LogP contribution in [0.4, 0.5) is 5.69 Å². The summed E-state index contributed by atoms with van der Waals surface area (Å²) in [7, 11) is 2.99. The molecule has 0 atom stereocenters. The molecule has 0 aliphatic rings. The van der Waals surface area contributed by atoms with Crippen molar-refractivity contribution < 1.29 is 23.8 Å². The largest absolute Gasteiger partial charge is 0.493 e. The van der Waals surface area contributed by atoms with Crippen molar-refractivity contribution in [1.82, 2.24) is 15.3 Å². The lowest BCUT2D eigenvalue weighted by molar-refractivity contribution is -0.115. The number of ether oxygens (including phenoxy) is 3. The van der Waals surface area contributed by atoms with Crippen LogP contribution in [0.15, 0.2) is 61.1 Å². The van der Waals surface area contributed by atoms with Gasteiger partial charge in [0.05, 0.1) is 27.0 Å². The van der Waals surface area contributed by atoms with Gasteiger partial charge < -0.3 is 24.8 Å². The first-order valence-corrected chi connectivity index (χ1v) is 8.93. The average molecular weight is 408 g/mol. The van der Waals surface area contributed by atoms with Crippen LogP contribution in [0.2, 0.25) is 0 Å². The number of amides is 2. The lowest BCUT2D eigenvalue weighted by Gasteiger charge is -2.11. The van der Waals surface area contributed by atoms with Crippen LogP contribution in [0.3, 0.4) is 0 Å². The number of aromatic nitrogens is 2. The molecular weight excluding hydrogens is 388 g/mol. The van der Waals surface area contributed by atoms with Gasteiger partial charge in [-0.2, -0.15) is 0 Å². The van der Waals surface area contributed by atoms with Crippen molar-refractivity contribution >= 4 is 17.5 Å². The van der Waals surface area contributed by atoms with Crippen molar-refractivity contribution in [2.24, 2.45) is 0 Å². The van der Waals surface area contributed by atoms with E-state index in [0.29, 0.717) is 34.4 Å². The molecular formula is C21H20N4O5. The number of anilines is 1. The number of methoxy groups -OCH3 is 2. The van der Waals surface area contributed by atoms with Crippen molar-refractivity contribution in [3.8, 4) is 23.1 Å². The van der Waals surface area contributed by atoms with Crippen LogP contribution in [0.5, 0.6) is 23.1 Å². The first kappa shape index (κ1) is 20.6. The molecule has 30 heavy (non-hydrogen) atoms. The fourth-order valence-corrected chi connectivity index (χ4v) is 2.54. The van der Waals surface area contributed by atoms with Crippen LogP contribution in [-0.4, -0.2) is 42.5 Å². The molecule has 3 rings (SSSR count). The normalized spacial score (nSPS) is 10.1. The van der Waals surface area contributed by atoms with Gasteiger partial charge in [0, 0.05) is 29.7 Å². The Morgan fingerprint density at radius 3 is 2.57 bits per heavy atom. The van der Waals surface area contributed by atoms with Crippen molar-refractivity contribution in [1.29, 1.82) is 0 Å². The quantitative estimate of drug-likeness (QED) is 0.589. The standard InChI is InChI=1S/C21H20N4O5/c1-28-17-7-6-14(10-18(17)29-2)21(27)24-12-19(26)25-15-4-3-5-16(11-15)30-20-13-22-8-9-23-20/h3-11,13H,12H2,1-2H3,(H,24,27)(H,25,26). The summed E-state index contributed by atoms with van der Waals surface area (Å²) in [5.41, 5.74) is 0.863. The number of carbonyl (C=O) groups excluding carboxylic acids is 2. The van der Waals surface area contributed by atoms with E-state index in [-0.39, 0.29) is 12.5 Å². The Morgan fingerprint density at radius 1 is 1.00 bits per heavy atom. The van der Waals surface area contributed by atoms with E-state index in [1.54, 1.807) is 48.7 Å². The van der Waals surface area contributed by atoms with Crippen molar-refractivity contribution in [2.75, 3.05) is 26.1 Å². The number of nitrogens with one attached hydrogen (secondary N) is 2. The molecule has 9 heteroatoms. The van der Waals surface area contributed by atoms with Gasteiger partial charge in [-0.15, -0.1) is 0 Å². The lowest BCUT2D eigenvalue weighted by atomic mass is 10.2. The molecule has 154 valence electrons. The number of nitrogens with zero attached hydrogens (tertiary/aromatic N) is 2. The molecule has 0 saturated carbocycles. The smallest absolute Gasteiger partial charge is 0.251 e. The maximum atomic E-state index is 12.3. The van der Waals surface area contributed by atoms with Gasteiger partial charge in [-0.1, -0.05) is 6.07 Å². The van der Waals surface area contributed by atoms with Gasteiger partial charge in [-0.3, -0.25) is 14.6 Å². The molecule has 0 unspecified atom stereocenters. The summed E-state index contributed by atoms with van der Waals surface area (Å²) in [6, 6.07) is 11.5. The summed E-state index contributed by atoms with van der Waals surface area (Å²) in [6.45, 7) is -0.206. The van der Waals surface area contributed by atoms with Crippen LogP contribution in [0.1, 0.15) is 10.4 Å². The SMILES string of the molecule is COc1ccc(C(=O)NCC(=O)Nc2cccc(Oc3cnccn3)c2)cc1OC. The Kier molecular flexibility index (Phi) is 6.78. The van der Waals surface area contributed by atoms with Gasteiger partial charge >= 0.3 is 0 Å². The highest BCUT2D eigenvalue weighted by molar-refractivity contribution is 5.99. The molecule has 0 radical (unpaired) electrons. The molecule has 1 heterocycles. The Bertz CT molecular complexity index is 1030. The number of benzene rings is 2. The molecule has 1 aromatic heterocycles. The zero-order valence-electron chi connectivity index (χ0n) is 16.4. The molecule has 0 fully saturated rings. The molecule has 0 aliphatic carbocycles. The molecule has 2 amide bonds. The monoisotopic (exact) mass is 408 g/mol. The fourth-order valence-electron chi connectivity index (χ4n) is 2.54. The molecule has 0 spiro atoms. The number of carbonyl (C=O) groups is 2. The third kappa shape index (κ3) is 5.44. The average Bonchev–Trinajstić information content (AvgIpc) is 2.78. The molecule has 0 saturated heterocycles. The highest BCUT2D eigenvalue weighted by Crippen LogP contribution is 2.27. The second-order valence-electron chi connectivity index (χ2n) is 5.97. The van der Waals surface area contributed by atoms with E-state index >= 15 is 0 Å². The summed E-state index contributed by atoms with van der Waals surface area (Å²) >= 11 is 0. The summed E-state index contributed by atoms with van der Waals surface area (Å²) in [5.74, 6) is 0.960. The molecule has 0 bridgehead atoms. The van der Waals surface area contributed by atoms with E-state index in [1.165, 1.54) is 26.6 Å². The van der Waals surface area contributed by atoms with E-state index in [1.807, 2.05) is 0 Å². The first-order valence-electron chi connectivity index (χ1n) is 8.93. The van der Waals surface area contributed by atoms with Crippen LogP contribution in [-0.2, 0) is 4.79 Å².